The molecule has 0 saturated heterocycles. The van der Waals surface area contributed by atoms with Gasteiger partial charge in [0.05, 0.1) is 26.7 Å². The second kappa shape index (κ2) is 34.7. The van der Waals surface area contributed by atoms with E-state index in [0.717, 1.165) is 70.6 Å². The van der Waals surface area contributed by atoms with Gasteiger partial charge in [0, 0.05) is 32.2 Å². The lowest BCUT2D eigenvalue weighted by molar-refractivity contribution is -0.883. The van der Waals surface area contributed by atoms with Crippen LogP contribution in [0.4, 0.5) is 0 Å². The Balaban J connectivity index is 4.69. The van der Waals surface area contributed by atoms with Crippen LogP contribution < -0.4 is 5.32 Å². The number of hydrogen-bond acceptors (Lipinski definition) is 12. The van der Waals surface area contributed by atoms with Crippen molar-refractivity contribution in [2.75, 3.05) is 46.9 Å². The molecule has 0 aliphatic heterocycles. The number of esters is 5. The summed E-state index contributed by atoms with van der Waals surface area (Å²) in [5.74, 6) is -2.03. The number of nitrogens with zero attached hydrogens (tertiary/aromatic N) is 1. The van der Waals surface area contributed by atoms with Crippen molar-refractivity contribution in [3.63, 3.8) is 0 Å². The summed E-state index contributed by atoms with van der Waals surface area (Å²) in [5, 5.41) is 14.0. The summed E-state index contributed by atoms with van der Waals surface area (Å²) in [6, 6.07) is 0. The Morgan fingerprint density at radius 1 is 0.661 bits per heavy atom. The van der Waals surface area contributed by atoms with Crippen molar-refractivity contribution in [2.24, 2.45) is 0 Å². The van der Waals surface area contributed by atoms with Gasteiger partial charge in [-0.15, -0.1) is 0 Å². The number of aliphatic hydroxyl groups is 1. The van der Waals surface area contributed by atoms with Gasteiger partial charge >= 0.3 is 29.8 Å². The number of carbonyl (C=O) groups excluding carboxylic acids is 5. The van der Waals surface area contributed by atoms with Crippen LogP contribution in [0.15, 0.2) is 12.2 Å². The van der Waals surface area contributed by atoms with E-state index in [1.807, 2.05) is 34.0 Å². The van der Waals surface area contributed by atoms with Gasteiger partial charge in [0.25, 0.3) is 0 Å². The minimum atomic E-state index is -0.932. The first kappa shape index (κ1) is 56.0. The average Bonchev–Trinajstić information content (AvgIpc) is 3.15. The van der Waals surface area contributed by atoms with Gasteiger partial charge in [0.2, 0.25) is 6.29 Å². The van der Waals surface area contributed by atoms with E-state index in [1.54, 1.807) is 0 Å². The van der Waals surface area contributed by atoms with Gasteiger partial charge in [-0.3, -0.25) is 24.5 Å². The zero-order valence-corrected chi connectivity index (χ0v) is 38.5. The van der Waals surface area contributed by atoms with Crippen LogP contribution in [0.5, 0.6) is 0 Å². The molecule has 0 rings (SSSR count). The number of quaternary nitrogens is 1. The molecule has 0 bridgehead atoms. The molecule has 3 atom stereocenters. The molecule has 0 spiro atoms. The summed E-state index contributed by atoms with van der Waals surface area (Å²) in [6.45, 7) is 11.5. The molecule has 3 unspecified atom stereocenters. The van der Waals surface area contributed by atoms with Crippen molar-refractivity contribution in [1.82, 2.24) is 5.32 Å². The topological polar surface area (TPSA) is 164 Å². The second-order valence-corrected chi connectivity index (χ2v) is 17.3. The van der Waals surface area contributed by atoms with Gasteiger partial charge in [0.1, 0.15) is 25.9 Å². The molecular weight excluding hydrogens is 757 g/mol. The van der Waals surface area contributed by atoms with E-state index < -0.39 is 36.0 Å². The summed E-state index contributed by atoms with van der Waals surface area (Å²) in [6.07, 6.45) is 22.1. The van der Waals surface area contributed by atoms with Crippen LogP contribution in [-0.4, -0.2) is 110 Å². The highest BCUT2D eigenvalue weighted by molar-refractivity contribution is 5.73. The van der Waals surface area contributed by atoms with E-state index in [0.29, 0.717) is 36.7 Å². The summed E-state index contributed by atoms with van der Waals surface area (Å²) >= 11 is 0. The molecule has 59 heavy (non-hydrogen) atoms. The number of rotatable bonds is 38. The maximum Gasteiger partial charge on any atom is 0.362 e. The number of ether oxygens (including phenoxy) is 5. The van der Waals surface area contributed by atoms with Gasteiger partial charge in [0.15, 0.2) is 6.54 Å². The van der Waals surface area contributed by atoms with Crippen LogP contribution >= 0.6 is 0 Å². The predicted octanol–water partition coefficient (Wildman–Crippen LogP) is 8.42. The minimum Gasteiger partial charge on any atom is -0.464 e. The number of likely N-dealkylation sites (N-methyl/N-ethyl adjacent to an activating group) is 1. The van der Waals surface area contributed by atoms with Crippen LogP contribution in [0.3, 0.4) is 0 Å². The fourth-order valence-corrected chi connectivity index (χ4v) is 6.37. The number of hydrogen-bond donors (Lipinski definition) is 2. The Kier molecular flexibility index (Phi) is 32.9. The van der Waals surface area contributed by atoms with Crippen molar-refractivity contribution >= 4 is 29.8 Å². The maximum atomic E-state index is 12.8. The molecule has 0 aromatic heterocycles. The number of nitrogens with one attached hydrogen (secondary N) is 1. The molecule has 13 heteroatoms. The summed E-state index contributed by atoms with van der Waals surface area (Å²) in [5.41, 5.74) is -0.629. The molecular formula is C46H85N2O11+. The fourth-order valence-electron chi connectivity index (χ4n) is 6.37. The van der Waals surface area contributed by atoms with Crippen LogP contribution in [0, 0.1) is 0 Å². The number of unbranched alkanes of at least 4 members (excludes halogenated alkanes) is 15. The van der Waals surface area contributed by atoms with Crippen LogP contribution in [-0.2, 0) is 47.7 Å². The predicted molar refractivity (Wildman–Crippen MR) is 231 cm³/mol. The molecule has 0 aromatic carbocycles. The molecule has 0 radical (unpaired) electrons. The van der Waals surface area contributed by atoms with Crippen molar-refractivity contribution in [1.29, 1.82) is 0 Å². The molecule has 0 saturated carbocycles. The van der Waals surface area contributed by atoms with Gasteiger partial charge in [-0.05, 0) is 58.8 Å². The smallest absolute Gasteiger partial charge is 0.362 e. The minimum absolute atomic E-state index is 0.106. The van der Waals surface area contributed by atoms with E-state index in [-0.39, 0.29) is 50.6 Å². The number of carbonyl (C=O) groups is 5. The molecule has 0 aromatic rings. The molecule has 344 valence electrons. The Morgan fingerprint density at radius 3 is 1.83 bits per heavy atom. The molecule has 13 nitrogen and oxygen atoms in total. The molecule has 2 N–H and O–H groups in total. The Labute approximate surface area is 357 Å². The fraction of sp³-hybridized carbons (Fsp3) is 0.848. The quantitative estimate of drug-likeness (QED) is 0.0153. The van der Waals surface area contributed by atoms with E-state index in [9.17, 15) is 29.1 Å². The van der Waals surface area contributed by atoms with Crippen molar-refractivity contribution in [2.45, 2.75) is 207 Å². The standard InChI is InChI=1S/C46H85N2O11/c1-9-11-13-14-15-16-21-24-28-32-45(59-43(53)35-47-46(5,6)37-56-39(4)50)58-42(52)31-27-23-20-18-17-19-22-26-29-40(51)41(30-25-12-10-2)57-44(54)36-48(7,8)33-34-55-38(3)49/h22,26,40-41,45,47,51H,9-21,23-25,27-37H2,1-8H3/q+1. The third kappa shape index (κ3) is 35.4. The summed E-state index contributed by atoms with van der Waals surface area (Å²) in [4.78, 5) is 60.6. The summed E-state index contributed by atoms with van der Waals surface area (Å²) < 4.78 is 27.4. The summed E-state index contributed by atoms with van der Waals surface area (Å²) in [7, 11) is 3.75. The van der Waals surface area contributed by atoms with Crippen molar-refractivity contribution < 1.29 is 57.2 Å². The second-order valence-electron chi connectivity index (χ2n) is 17.3. The lowest BCUT2D eigenvalue weighted by atomic mass is 10.0. The normalized spacial score (nSPS) is 13.4. The molecule has 0 amide bonds. The van der Waals surface area contributed by atoms with Crippen LogP contribution in [0.2, 0.25) is 0 Å². The molecule has 0 aliphatic carbocycles. The van der Waals surface area contributed by atoms with Gasteiger partial charge < -0.3 is 33.3 Å². The van der Waals surface area contributed by atoms with Gasteiger partial charge in [-0.25, -0.2) is 4.79 Å². The van der Waals surface area contributed by atoms with E-state index in [4.69, 9.17) is 23.7 Å². The van der Waals surface area contributed by atoms with E-state index in [1.165, 1.54) is 52.4 Å². The first-order chi connectivity index (χ1) is 28.0. The lowest BCUT2D eigenvalue weighted by Crippen LogP contribution is -2.47. The average molecular weight is 842 g/mol. The first-order valence-electron chi connectivity index (χ1n) is 22.8. The molecule has 0 heterocycles. The highest BCUT2D eigenvalue weighted by atomic mass is 16.7. The van der Waals surface area contributed by atoms with Crippen molar-refractivity contribution in [3.05, 3.63) is 12.2 Å². The number of allylic oxidation sites excluding steroid dienone is 1. The van der Waals surface area contributed by atoms with Gasteiger partial charge in [-0.1, -0.05) is 109 Å². The highest BCUT2D eigenvalue weighted by Gasteiger charge is 2.28. The highest BCUT2D eigenvalue weighted by Crippen LogP contribution is 2.17. The zero-order chi connectivity index (χ0) is 44.4. The monoisotopic (exact) mass is 842 g/mol. The third-order valence-electron chi connectivity index (χ3n) is 10.1. The maximum absolute atomic E-state index is 12.8. The molecule has 0 aliphatic rings. The van der Waals surface area contributed by atoms with E-state index in [2.05, 4.69) is 25.2 Å². The van der Waals surface area contributed by atoms with Gasteiger partial charge in [-0.2, -0.15) is 0 Å². The third-order valence-corrected chi connectivity index (χ3v) is 10.1. The Bertz CT molecular complexity index is 1170. The molecule has 0 fully saturated rings. The largest absolute Gasteiger partial charge is 0.464 e. The Morgan fingerprint density at radius 2 is 1.20 bits per heavy atom. The first-order valence-corrected chi connectivity index (χ1v) is 22.8. The van der Waals surface area contributed by atoms with Crippen LogP contribution in [0.1, 0.15) is 183 Å². The van der Waals surface area contributed by atoms with E-state index >= 15 is 0 Å². The van der Waals surface area contributed by atoms with Crippen LogP contribution in [0.25, 0.3) is 0 Å². The lowest BCUT2D eigenvalue weighted by Gasteiger charge is -2.30. The Hall–Kier alpha value is -3.03. The zero-order valence-electron chi connectivity index (χ0n) is 38.5. The number of aliphatic hydroxyl groups excluding tert-OH is 1. The van der Waals surface area contributed by atoms with Crippen molar-refractivity contribution in [3.8, 4) is 0 Å². The SMILES string of the molecule is CCCCCCCCCCCC(OC(=O)CCCCCCCC=CCC(O)C(CCCCC)OC(=O)C[N+](C)(C)CCOC(C)=O)OC(=O)CNC(C)(C)COC(C)=O.